The first-order valence-corrected chi connectivity index (χ1v) is 10.2. The highest BCUT2D eigenvalue weighted by molar-refractivity contribution is 5.79. The number of hydrogen-bond acceptors (Lipinski definition) is 1. The van der Waals surface area contributed by atoms with Crippen LogP contribution in [-0.2, 0) is 4.79 Å². The summed E-state index contributed by atoms with van der Waals surface area (Å²) in [6.07, 6.45) is 8.28. The van der Waals surface area contributed by atoms with Gasteiger partial charge in [-0.1, -0.05) is 32.1 Å². The number of aromatic nitrogens is 1. The number of H-pyrrole nitrogens is 1. The van der Waals surface area contributed by atoms with E-state index in [2.05, 4.69) is 37.0 Å². The molecule has 0 spiro atoms. The minimum Gasteiger partial charge on any atom is -0.355 e. The van der Waals surface area contributed by atoms with Gasteiger partial charge in [0.05, 0.1) is 0 Å². The molecule has 1 N–H and O–H groups in total. The Balaban J connectivity index is 1.53. The second-order valence-electron chi connectivity index (χ2n) is 8.55. The Morgan fingerprint density at radius 3 is 2.85 bits per heavy atom. The number of rotatable bonds is 3. The third-order valence-electron chi connectivity index (χ3n) is 6.87. The monoisotopic (exact) mass is 365 g/mol. The fourth-order valence-electron chi connectivity index (χ4n) is 5.20. The molecule has 2 saturated carbocycles. The molecular formula is C24H28FNO. The van der Waals surface area contributed by atoms with Gasteiger partial charge in [-0.05, 0) is 72.8 Å². The van der Waals surface area contributed by atoms with Crippen LogP contribution in [0.4, 0.5) is 4.39 Å². The van der Waals surface area contributed by atoms with Gasteiger partial charge in [-0.25, -0.2) is 4.39 Å². The van der Waals surface area contributed by atoms with Crippen molar-refractivity contribution in [2.75, 3.05) is 0 Å². The maximum absolute atomic E-state index is 13.5. The predicted octanol–water partition coefficient (Wildman–Crippen LogP) is 6.11. The van der Waals surface area contributed by atoms with Gasteiger partial charge in [-0.15, -0.1) is 0 Å². The largest absolute Gasteiger partial charge is 0.355 e. The average Bonchev–Trinajstić information content (AvgIpc) is 3.11. The van der Waals surface area contributed by atoms with Gasteiger partial charge >= 0.3 is 0 Å². The Morgan fingerprint density at radius 2 is 2.04 bits per heavy atom. The van der Waals surface area contributed by atoms with Crippen molar-refractivity contribution in [3.63, 3.8) is 0 Å². The van der Waals surface area contributed by atoms with Crippen LogP contribution in [0.1, 0.15) is 45.2 Å². The first kappa shape index (κ1) is 18.2. The zero-order valence-corrected chi connectivity index (χ0v) is 16.1. The van der Waals surface area contributed by atoms with Crippen molar-refractivity contribution in [3.05, 3.63) is 54.0 Å². The molecule has 3 heteroatoms. The Labute approximate surface area is 160 Å². The minimum absolute atomic E-state index is 0.220. The molecule has 0 aliphatic heterocycles. The van der Waals surface area contributed by atoms with Crippen LogP contribution in [0, 0.1) is 35.4 Å². The topological polar surface area (TPSA) is 32.9 Å². The van der Waals surface area contributed by atoms with Crippen LogP contribution in [-0.4, -0.2) is 10.8 Å². The summed E-state index contributed by atoms with van der Waals surface area (Å²) in [4.78, 5) is 15.3. The SMILES string of the molecule is CC1C(/C=C/c2ccc(-c3cccc(F)c3)[nH]2)C2CCC(=O)C[C@H]2C[C@@H]1C. The smallest absolute Gasteiger partial charge is 0.133 e. The number of hydrogen-bond donors (Lipinski definition) is 1. The van der Waals surface area contributed by atoms with E-state index in [1.807, 2.05) is 12.1 Å². The second kappa shape index (κ2) is 7.46. The molecule has 0 bridgehead atoms. The number of carbonyl (C=O) groups is 1. The number of allylic oxidation sites excluding steroid dienone is 1. The van der Waals surface area contributed by atoms with E-state index in [1.165, 1.54) is 12.5 Å². The van der Waals surface area contributed by atoms with Crippen molar-refractivity contribution in [1.29, 1.82) is 0 Å². The molecule has 2 aromatic rings. The average molecular weight is 365 g/mol. The van der Waals surface area contributed by atoms with E-state index in [-0.39, 0.29) is 5.82 Å². The summed E-state index contributed by atoms with van der Waals surface area (Å²) < 4.78 is 13.5. The number of benzene rings is 1. The summed E-state index contributed by atoms with van der Waals surface area (Å²) in [5, 5.41) is 0. The van der Waals surface area contributed by atoms with E-state index in [1.54, 1.807) is 12.1 Å². The lowest BCUT2D eigenvalue weighted by Crippen LogP contribution is -2.40. The Morgan fingerprint density at radius 1 is 1.19 bits per heavy atom. The summed E-state index contributed by atoms with van der Waals surface area (Å²) >= 11 is 0. The van der Waals surface area contributed by atoms with Gasteiger partial charge < -0.3 is 4.98 Å². The third-order valence-corrected chi connectivity index (χ3v) is 6.87. The first-order chi connectivity index (χ1) is 13.0. The molecule has 2 nitrogen and oxygen atoms in total. The van der Waals surface area contributed by atoms with Crippen molar-refractivity contribution >= 4 is 11.9 Å². The lowest BCUT2D eigenvalue weighted by molar-refractivity contribution is -0.124. The molecule has 0 saturated heterocycles. The Kier molecular flexibility index (Phi) is 5.03. The Hall–Kier alpha value is -2.16. The minimum atomic E-state index is -0.220. The van der Waals surface area contributed by atoms with E-state index < -0.39 is 0 Å². The van der Waals surface area contributed by atoms with Crippen molar-refractivity contribution in [2.45, 2.75) is 39.5 Å². The second-order valence-corrected chi connectivity index (χ2v) is 8.55. The summed E-state index contributed by atoms with van der Waals surface area (Å²) in [5.41, 5.74) is 2.84. The zero-order chi connectivity index (χ0) is 19.0. The standard InChI is InChI=1S/C24H28FNO/c1-15-12-18-14-21(27)8-10-23(18)22(16(15)2)9-6-20-7-11-24(26-20)17-4-3-5-19(25)13-17/h3-7,9,11,13,15-16,18,22-23,26H,8,10,12,14H2,1-2H3/b9-6+/t15-,16?,18+,22?,23?/m0/s1. The molecule has 3 unspecified atom stereocenters. The number of aromatic amines is 1. The number of carbonyl (C=O) groups excluding carboxylic acids is 1. The summed E-state index contributed by atoms with van der Waals surface area (Å²) in [7, 11) is 0. The van der Waals surface area contributed by atoms with E-state index in [0.29, 0.717) is 35.4 Å². The molecule has 0 radical (unpaired) electrons. The Bertz CT molecular complexity index is 852. The van der Waals surface area contributed by atoms with Gasteiger partial charge in [0.1, 0.15) is 11.6 Å². The number of fused-ring (bicyclic) bond motifs is 1. The number of ketones is 1. The van der Waals surface area contributed by atoms with Crippen LogP contribution < -0.4 is 0 Å². The van der Waals surface area contributed by atoms with E-state index in [4.69, 9.17) is 0 Å². The maximum atomic E-state index is 13.5. The summed E-state index contributed by atoms with van der Waals surface area (Å²) in [6, 6.07) is 10.7. The van der Waals surface area contributed by atoms with Crippen LogP contribution >= 0.6 is 0 Å². The van der Waals surface area contributed by atoms with E-state index >= 15 is 0 Å². The van der Waals surface area contributed by atoms with Crippen LogP contribution in [0.2, 0.25) is 0 Å². The predicted molar refractivity (Wildman–Crippen MR) is 107 cm³/mol. The van der Waals surface area contributed by atoms with E-state index in [9.17, 15) is 9.18 Å². The molecule has 27 heavy (non-hydrogen) atoms. The highest BCUT2D eigenvalue weighted by Gasteiger charge is 2.42. The molecular weight excluding hydrogens is 337 g/mol. The lowest BCUT2D eigenvalue weighted by atomic mass is 9.58. The van der Waals surface area contributed by atoms with Crippen molar-refractivity contribution in [1.82, 2.24) is 4.98 Å². The normalized spacial score (nSPS) is 31.2. The first-order valence-electron chi connectivity index (χ1n) is 10.2. The molecule has 2 aliphatic carbocycles. The summed E-state index contributed by atoms with van der Waals surface area (Å²) in [5.74, 6) is 3.22. The molecule has 1 aromatic carbocycles. The van der Waals surface area contributed by atoms with Crippen molar-refractivity contribution < 1.29 is 9.18 Å². The van der Waals surface area contributed by atoms with Crippen LogP contribution in [0.5, 0.6) is 0 Å². The van der Waals surface area contributed by atoms with Crippen LogP contribution in [0.3, 0.4) is 0 Å². The van der Waals surface area contributed by atoms with Gasteiger partial charge in [-0.2, -0.15) is 0 Å². The van der Waals surface area contributed by atoms with Gasteiger partial charge in [0.25, 0.3) is 0 Å². The zero-order valence-electron chi connectivity index (χ0n) is 16.1. The van der Waals surface area contributed by atoms with Gasteiger partial charge in [0.15, 0.2) is 0 Å². The maximum Gasteiger partial charge on any atom is 0.133 e. The van der Waals surface area contributed by atoms with Crippen molar-refractivity contribution in [3.8, 4) is 11.3 Å². The van der Waals surface area contributed by atoms with Gasteiger partial charge in [-0.3, -0.25) is 4.79 Å². The fourth-order valence-corrected chi connectivity index (χ4v) is 5.20. The fraction of sp³-hybridized carbons (Fsp3) is 0.458. The quantitative estimate of drug-likeness (QED) is 0.699. The van der Waals surface area contributed by atoms with E-state index in [0.717, 1.165) is 36.2 Å². The number of Topliss-reactive ketones (excluding diaryl/α,β-unsaturated/α-hetero) is 1. The molecule has 2 fully saturated rings. The molecule has 4 rings (SSSR count). The molecule has 2 aliphatic rings. The number of nitrogens with one attached hydrogen (secondary N) is 1. The van der Waals surface area contributed by atoms with Gasteiger partial charge in [0.2, 0.25) is 0 Å². The molecule has 5 atom stereocenters. The van der Waals surface area contributed by atoms with Crippen LogP contribution in [0.15, 0.2) is 42.5 Å². The highest BCUT2D eigenvalue weighted by atomic mass is 19.1. The summed E-state index contributed by atoms with van der Waals surface area (Å²) in [6.45, 7) is 4.69. The third kappa shape index (κ3) is 3.78. The van der Waals surface area contributed by atoms with Crippen molar-refractivity contribution in [2.24, 2.45) is 29.6 Å². The molecule has 1 aromatic heterocycles. The highest BCUT2D eigenvalue weighted by Crippen LogP contribution is 2.48. The van der Waals surface area contributed by atoms with Crippen LogP contribution in [0.25, 0.3) is 17.3 Å². The molecule has 1 heterocycles. The lowest BCUT2D eigenvalue weighted by Gasteiger charge is -2.46. The van der Waals surface area contributed by atoms with Gasteiger partial charge in [0, 0.05) is 29.8 Å². The molecule has 142 valence electrons. The molecule has 0 amide bonds. The number of halogens is 1.